The first-order valence-electron chi connectivity index (χ1n) is 9.30. The van der Waals surface area contributed by atoms with Crippen molar-refractivity contribution in [1.29, 1.82) is 0 Å². The molecule has 0 bridgehead atoms. The van der Waals surface area contributed by atoms with E-state index < -0.39 is 11.9 Å². The molecule has 1 aromatic heterocycles. The number of carbonyl (C=O) groups is 2. The van der Waals surface area contributed by atoms with Gasteiger partial charge in [0.25, 0.3) is 0 Å². The van der Waals surface area contributed by atoms with Crippen LogP contribution in [-0.4, -0.2) is 28.5 Å². The molecule has 0 N–H and O–H groups in total. The molecule has 6 heteroatoms. The molecule has 0 saturated heterocycles. The number of para-hydroxylation sites is 3. The molecule has 0 atom stereocenters. The first kappa shape index (κ1) is 18.6. The fourth-order valence-electron chi connectivity index (χ4n) is 2.93. The molecule has 0 unspecified atom stereocenters. The summed E-state index contributed by atoms with van der Waals surface area (Å²) in [6, 6.07) is 19.0. The standard InChI is InChI=1S/C23H18N2O4/c1-2-13-28-22(26)15-7-5-8-16(14-15)29-23(27)17-9-6-12-20-21(17)25-19-11-4-3-10-18(19)24-20/h3-12,14H,2,13H2,1H3. The van der Waals surface area contributed by atoms with E-state index in [9.17, 15) is 9.59 Å². The maximum Gasteiger partial charge on any atom is 0.345 e. The van der Waals surface area contributed by atoms with Crippen LogP contribution in [0.3, 0.4) is 0 Å². The second-order valence-electron chi connectivity index (χ2n) is 6.44. The predicted molar refractivity (Wildman–Crippen MR) is 109 cm³/mol. The topological polar surface area (TPSA) is 78.4 Å². The molecule has 144 valence electrons. The highest BCUT2D eigenvalue weighted by atomic mass is 16.5. The minimum atomic E-state index is -0.570. The molecule has 0 radical (unpaired) electrons. The van der Waals surface area contributed by atoms with Gasteiger partial charge in [0.1, 0.15) is 11.3 Å². The lowest BCUT2D eigenvalue weighted by atomic mass is 10.1. The molecule has 4 rings (SSSR count). The SMILES string of the molecule is CCCOC(=O)c1cccc(OC(=O)c2cccc3nc4ccccc4nc23)c1. The van der Waals surface area contributed by atoms with Crippen molar-refractivity contribution in [3.05, 3.63) is 77.9 Å². The number of nitrogens with zero attached hydrogens (tertiary/aromatic N) is 2. The Bertz CT molecular complexity index is 1220. The zero-order valence-electron chi connectivity index (χ0n) is 15.8. The summed E-state index contributed by atoms with van der Waals surface area (Å²) in [6.07, 6.45) is 0.733. The van der Waals surface area contributed by atoms with Crippen molar-refractivity contribution < 1.29 is 19.1 Å². The molecule has 6 nitrogen and oxygen atoms in total. The molecule has 0 saturated carbocycles. The summed E-state index contributed by atoms with van der Waals surface area (Å²) in [5, 5.41) is 0. The number of aromatic nitrogens is 2. The Morgan fingerprint density at radius 2 is 1.55 bits per heavy atom. The van der Waals surface area contributed by atoms with Crippen molar-refractivity contribution >= 4 is 34.0 Å². The highest BCUT2D eigenvalue weighted by molar-refractivity contribution is 6.04. The molecule has 1 heterocycles. The highest BCUT2D eigenvalue weighted by Gasteiger charge is 2.16. The largest absolute Gasteiger partial charge is 0.462 e. The van der Waals surface area contributed by atoms with Crippen molar-refractivity contribution in [2.45, 2.75) is 13.3 Å². The Hall–Kier alpha value is -3.80. The number of fused-ring (bicyclic) bond motifs is 2. The van der Waals surface area contributed by atoms with E-state index in [1.807, 2.05) is 31.2 Å². The van der Waals surface area contributed by atoms with Crippen LogP contribution in [0.25, 0.3) is 22.1 Å². The molecule has 0 amide bonds. The van der Waals surface area contributed by atoms with Crippen LogP contribution in [0.5, 0.6) is 5.75 Å². The van der Waals surface area contributed by atoms with Crippen LogP contribution in [0.2, 0.25) is 0 Å². The van der Waals surface area contributed by atoms with Crippen LogP contribution in [0.4, 0.5) is 0 Å². The normalized spacial score (nSPS) is 10.8. The van der Waals surface area contributed by atoms with Gasteiger partial charge in [-0.25, -0.2) is 19.6 Å². The molecular weight excluding hydrogens is 368 g/mol. The van der Waals surface area contributed by atoms with Crippen molar-refractivity contribution in [1.82, 2.24) is 9.97 Å². The summed E-state index contributed by atoms with van der Waals surface area (Å²) in [5.41, 5.74) is 3.15. The van der Waals surface area contributed by atoms with Gasteiger partial charge >= 0.3 is 11.9 Å². The Morgan fingerprint density at radius 1 is 0.828 bits per heavy atom. The Balaban J connectivity index is 1.64. The van der Waals surface area contributed by atoms with Crippen molar-refractivity contribution in [2.24, 2.45) is 0 Å². The predicted octanol–water partition coefficient (Wildman–Crippen LogP) is 4.57. The number of rotatable bonds is 5. The van der Waals surface area contributed by atoms with Crippen molar-refractivity contribution in [2.75, 3.05) is 6.61 Å². The summed E-state index contributed by atoms with van der Waals surface area (Å²) in [7, 11) is 0. The fraction of sp³-hybridized carbons (Fsp3) is 0.130. The molecule has 3 aromatic carbocycles. The van der Waals surface area contributed by atoms with E-state index in [0.29, 0.717) is 34.3 Å². The molecule has 29 heavy (non-hydrogen) atoms. The van der Waals surface area contributed by atoms with Gasteiger partial charge in [0.05, 0.1) is 34.3 Å². The lowest BCUT2D eigenvalue weighted by Gasteiger charge is -2.09. The molecular formula is C23H18N2O4. The fourth-order valence-corrected chi connectivity index (χ4v) is 2.93. The summed E-state index contributed by atoms with van der Waals surface area (Å²) >= 11 is 0. The van der Waals surface area contributed by atoms with Crippen LogP contribution >= 0.6 is 0 Å². The van der Waals surface area contributed by atoms with Gasteiger partial charge in [0.2, 0.25) is 0 Å². The average molecular weight is 386 g/mol. The lowest BCUT2D eigenvalue weighted by Crippen LogP contribution is -2.11. The average Bonchev–Trinajstić information content (AvgIpc) is 2.75. The van der Waals surface area contributed by atoms with Crippen LogP contribution < -0.4 is 4.74 Å². The number of hydrogen-bond donors (Lipinski definition) is 0. The lowest BCUT2D eigenvalue weighted by molar-refractivity contribution is 0.0503. The number of esters is 2. The second kappa shape index (κ2) is 8.06. The maximum absolute atomic E-state index is 12.8. The molecule has 0 aliphatic heterocycles. The molecule has 0 aliphatic rings. The summed E-state index contributed by atoms with van der Waals surface area (Å²) in [4.78, 5) is 34.0. The Labute approximate surface area is 167 Å². The third kappa shape index (κ3) is 3.91. The minimum absolute atomic E-state index is 0.256. The summed E-state index contributed by atoms with van der Waals surface area (Å²) in [6.45, 7) is 2.26. The Morgan fingerprint density at radius 3 is 2.34 bits per heavy atom. The van der Waals surface area contributed by atoms with E-state index in [1.165, 1.54) is 6.07 Å². The first-order chi connectivity index (χ1) is 14.2. The van der Waals surface area contributed by atoms with Gasteiger partial charge in [0, 0.05) is 0 Å². The summed E-state index contributed by atoms with van der Waals surface area (Å²) < 4.78 is 10.6. The van der Waals surface area contributed by atoms with E-state index in [-0.39, 0.29) is 5.75 Å². The molecule has 0 fully saturated rings. The minimum Gasteiger partial charge on any atom is -0.462 e. The van der Waals surface area contributed by atoms with Gasteiger partial charge < -0.3 is 9.47 Å². The van der Waals surface area contributed by atoms with E-state index >= 15 is 0 Å². The van der Waals surface area contributed by atoms with E-state index in [1.54, 1.807) is 36.4 Å². The number of carbonyl (C=O) groups excluding carboxylic acids is 2. The maximum atomic E-state index is 12.8. The van der Waals surface area contributed by atoms with E-state index in [4.69, 9.17) is 9.47 Å². The van der Waals surface area contributed by atoms with E-state index in [2.05, 4.69) is 9.97 Å². The van der Waals surface area contributed by atoms with Gasteiger partial charge in [-0.1, -0.05) is 31.2 Å². The van der Waals surface area contributed by atoms with Gasteiger partial charge in [-0.15, -0.1) is 0 Å². The van der Waals surface area contributed by atoms with Crippen LogP contribution in [-0.2, 0) is 4.74 Å². The third-order valence-corrected chi connectivity index (χ3v) is 4.31. The van der Waals surface area contributed by atoms with Crippen LogP contribution in [0, 0.1) is 0 Å². The second-order valence-corrected chi connectivity index (χ2v) is 6.44. The molecule has 4 aromatic rings. The zero-order chi connectivity index (χ0) is 20.2. The van der Waals surface area contributed by atoms with Gasteiger partial charge in [0.15, 0.2) is 0 Å². The number of hydrogen-bond acceptors (Lipinski definition) is 6. The Kier molecular flexibility index (Phi) is 5.16. The monoisotopic (exact) mass is 386 g/mol. The van der Waals surface area contributed by atoms with Crippen molar-refractivity contribution in [3.63, 3.8) is 0 Å². The zero-order valence-corrected chi connectivity index (χ0v) is 15.8. The van der Waals surface area contributed by atoms with E-state index in [0.717, 1.165) is 11.9 Å². The first-order valence-corrected chi connectivity index (χ1v) is 9.30. The smallest absolute Gasteiger partial charge is 0.345 e. The van der Waals surface area contributed by atoms with Crippen LogP contribution in [0.1, 0.15) is 34.1 Å². The van der Waals surface area contributed by atoms with Gasteiger partial charge in [-0.05, 0) is 48.9 Å². The van der Waals surface area contributed by atoms with Gasteiger partial charge in [-0.3, -0.25) is 0 Å². The molecule has 0 spiro atoms. The number of ether oxygens (including phenoxy) is 2. The highest BCUT2D eigenvalue weighted by Crippen LogP contribution is 2.22. The molecule has 0 aliphatic carbocycles. The third-order valence-electron chi connectivity index (χ3n) is 4.31. The van der Waals surface area contributed by atoms with Crippen molar-refractivity contribution in [3.8, 4) is 5.75 Å². The van der Waals surface area contributed by atoms with Gasteiger partial charge in [-0.2, -0.15) is 0 Å². The quantitative estimate of drug-likeness (QED) is 0.284. The summed E-state index contributed by atoms with van der Waals surface area (Å²) in [5.74, 6) is -0.766. The van der Waals surface area contributed by atoms with Crippen LogP contribution in [0.15, 0.2) is 66.7 Å². The number of benzene rings is 3.